The van der Waals surface area contributed by atoms with Crippen molar-refractivity contribution in [3.05, 3.63) is 64.1 Å². The number of nitrogens with zero attached hydrogens (tertiary/aromatic N) is 2. The van der Waals surface area contributed by atoms with Gasteiger partial charge >= 0.3 is 0 Å². The van der Waals surface area contributed by atoms with Crippen LogP contribution in [0, 0.1) is 0 Å². The van der Waals surface area contributed by atoms with E-state index in [9.17, 15) is 0 Å². The molecule has 1 atom stereocenters. The van der Waals surface area contributed by atoms with Crippen molar-refractivity contribution in [1.29, 1.82) is 0 Å². The lowest BCUT2D eigenvalue weighted by atomic mass is 9.99. The Morgan fingerprint density at radius 1 is 1.05 bits per heavy atom. The molecule has 2 aromatic carbocycles. The van der Waals surface area contributed by atoms with Crippen molar-refractivity contribution in [2.45, 2.75) is 5.92 Å². The van der Waals surface area contributed by atoms with E-state index in [0.29, 0.717) is 22.4 Å². The second kappa shape index (κ2) is 5.35. The van der Waals surface area contributed by atoms with Gasteiger partial charge in [0.2, 0.25) is 0 Å². The standard InChI is InChI=1S/C15H13Cl2N3/c16-13-7-6-10(8-14(13)17)12-9-20(19-15(12)18)11-4-2-1-3-5-11/h1-8,12H,9H2,(H2,18,19)/t12-/m1/s1. The number of nitrogens with two attached hydrogens (primary N) is 1. The summed E-state index contributed by atoms with van der Waals surface area (Å²) in [6, 6.07) is 15.5. The van der Waals surface area contributed by atoms with Crippen molar-refractivity contribution < 1.29 is 0 Å². The molecule has 2 aromatic rings. The first-order chi connectivity index (χ1) is 9.65. The first kappa shape index (κ1) is 13.3. The van der Waals surface area contributed by atoms with Gasteiger partial charge in [0.15, 0.2) is 0 Å². The zero-order valence-corrected chi connectivity index (χ0v) is 12.1. The second-order valence-corrected chi connectivity index (χ2v) is 5.48. The fourth-order valence-corrected chi connectivity index (χ4v) is 2.59. The molecule has 0 saturated carbocycles. The van der Waals surface area contributed by atoms with E-state index in [1.165, 1.54) is 0 Å². The molecule has 3 nitrogen and oxygen atoms in total. The second-order valence-electron chi connectivity index (χ2n) is 4.67. The van der Waals surface area contributed by atoms with Gasteiger partial charge in [-0.3, -0.25) is 5.01 Å². The van der Waals surface area contributed by atoms with Crippen molar-refractivity contribution in [2.75, 3.05) is 11.6 Å². The highest BCUT2D eigenvalue weighted by Crippen LogP contribution is 2.31. The van der Waals surface area contributed by atoms with Crippen molar-refractivity contribution >= 4 is 34.7 Å². The van der Waals surface area contributed by atoms with Crippen molar-refractivity contribution in [3.63, 3.8) is 0 Å². The number of amidine groups is 1. The summed E-state index contributed by atoms with van der Waals surface area (Å²) in [5.41, 5.74) is 8.11. The van der Waals surface area contributed by atoms with Crippen LogP contribution in [0.4, 0.5) is 5.69 Å². The normalized spacial score (nSPS) is 18.2. The maximum atomic E-state index is 6.07. The molecule has 2 N–H and O–H groups in total. The zero-order valence-electron chi connectivity index (χ0n) is 10.6. The SMILES string of the molecule is NC1=NN(c2ccccc2)C[C@@H]1c1ccc(Cl)c(Cl)c1. The van der Waals surface area contributed by atoms with Gasteiger partial charge in [-0.15, -0.1) is 0 Å². The van der Waals surface area contributed by atoms with E-state index >= 15 is 0 Å². The minimum atomic E-state index is 0.0324. The molecule has 0 aliphatic carbocycles. The molecule has 5 heteroatoms. The van der Waals surface area contributed by atoms with Crippen molar-refractivity contribution in [3.8, 4) is 0 Å². The molecule has 3 rings (SSSR count). The number of benzene rings is 2. The van der Waals surface area contributed by atoms with E-state index in [2.05, 4.69) is 5.10 Å². The van der Waals surface area contributed by atoms with Crippen LogP contribution < -0.4 is 10.7 Å². The maximum Gasteiger partial charge on any atom is 0.129 e. The third kappa shape index (κ3) is 2.47. The zero-order chi connectivity index (χ0) is 14.1. The van der Waals surface area contributed by atoms with Crippen LogP contribution in [-0.4, -0.2) is 12.4 Å². The van der Waals surface area contributed by atoms with E-state index in [-0.39, 0.29) is 5.92 Å². The maximum absolute atomic E-state index is 6.07. The molecule has 0 saturated heterocycles. The summed E-state index contributed by atoms with van der Waals surface area (Å²) in [5, 5.41) is 7.41. The number of anilines is 1. The van der Waals surface area contributed by atoms with Crippen LogP contribution in [0.15, 0.2) is 53.6 Å². The number of halogens is 2. The lowest BCUT2D eigenvalue weighted by Crippen LogP contribution is -2.21. The van der Waals surface area contributed by atoms with E-state index in [0.717, 1.165) is 11.3 Å². The summed E-state index contributed by atoms with van der Waals surface area (Å²) in [7, 11) is 0. The average molecular weight is 306 g/mol. The fourth-order valence-electron chi connectivity index (χ4n) is 2.28. The minimum Gasteiger partial charge on any atom is -0.385 e. The summed E-state index contributed by atoms with van der Waals surface area (Å²) < 4.78 is 0. The average Bonchev–Trinajstić information content (AvgIpc) is 2.85. The Kier molecular flexibility index (Phi) is 3.55. The molecule has 20 heavy (non-hydrogen) atoms. The molecule has 0 bridgehead atoms. The summed E-state index contributed by atoms with van der Waals surface area (Å²) in [6.45, 7) is 0.702. The predicted molar refractivity (Wildman–Crippen MR) is 84.6 cm³/mol. The summed E-state index contributed by atoms with van der Waals surface area (Å²) in [4.78, 5) is 0. The lowest BCUT2D eigenvalue weighted by Gasteiger charge is -2.16. The molecule has 102 valence electrons. The fraction of sp³-hybridized carbons (Fsp3) is 0.133. The number of hydrogen-bond acceptors (Lipinski definition) is 3. The Morgan fingerprint density at radius 2 is 1.80 bits per heavy atom. The van der Waals surface area contributed by atoms with Gasteiger partial charge in [-0.05, 0) is 29.8 Å². The van der Waals surface area contributed by atoms with Crippen LogP contribution in [0.1, 0.15) is 11.5 Å². The van der Waals surface area contributed by atoms with Gasteiger partial charge in [0, 0.05) is 0 Å². The van der Waals surface area contributed by atoms with Crippen LogP contribution in [0.3, 0.4) is 0 Å². The highest BCUT2D eigenvalue weighted by Gasteiger charge is 2.27. The van der Waals surface area contributed by atoms with E-state index in [4.69, 9.17) is 28.9 Å². The van der Waals surface area contributed by atoms with Crippen molar-refractivity contribution in [1.82, 2.24) is 0 Å². The topological polar surface area (TPSA) is 41.6 Å². The molecule has 0 radical (unpaired) electrons. The van der Waals surface area contributed by atoms with Gasteiger partial charge in [0.25, 0.3) is 0 Å². The van der Waals surface area contributed by atoms with Crippen molar-refractivity contribution in [2.24, 2.45) is 10.8 Å². The smallest absolute Gasteiger partial charge is 0.129 e. The van der Waals surface area contributed by atoms with Crippen LogP contribution in [0.2, 0.25) is 10.0 Å². The third-order valence-corrected chi connectivity index (χ3v) is 4.09. The number of hydrazone groups is 1. The Morgan fingerprint density at radius 3 is 2.50 bits per heavy atom. The highest BCUT2D eigenvalue weighted by molar-refractivity contribution is 6.42. The van der Waals surface area contributed by atoms with Crippen LogP contribution in [0.25, 0.3) is 0 Å². The van der Waals surface area contributed by atoms with Crippen LogP contribution >= 0.6 is 23.2 Å². The van der Waals surface area contributed by atoms with Gasteiger partial charge in [0.05, 0.1) is 28.2 Å². The Bertz CT molecular complexity index is 655. The molecule has 1 heterocycles. The molecule has 0 fully saturated rings. The first-order valence-corrected chi connectivity index (χ1v) is 7.02. The van der Waals surface area contributed by atoms with Gasteiger partial charge in [-0.25, -0.2) is 0 Å². The quantitative estimate of drug-likeness (QED) is 0.915. The summed E-state index contributed by atoms with van der Waals surface area (Å²) in [5.74, 6) is 0.622. The molecule has 0 amide bonds. The van der Waals surface area contributed by atoms with E-state index < -0.39 is 0 Å². The third-order valence-electron chi connectivity index (χ3n) is 3.35. The van der Waals surface area contributed by atoms with Crippen LogP contribution in [0.5, 0.6) is 0 Å². The van der Waals surface area contributed by atoms with E-state index in [1.54, 1.807) is 6.07 Å². The molecule has 1 aliphatic heterocycles. The highest BCUT2D eigenvalue weighted by atomic mass is 35.5. The largest absolute Gasteiger partial charge is 0.385 e. The molecular formula is C15H13Cl2N3. The molecule has 0 spiro atoms. The predicted octanol–water partition coefficient (Wildman–Crippen LogP) is 3.87. The van der Waals surface area contributed by atoms with Gasteiger partial charge in [-0.1, -0.05) is 47.5 Å². The summed E-state index contributed by atoms with van der Waals surface area (Å²) in [6.07, 6.45) is 0. The lowest BCUT2D eigenvalue weighted by molar-refractivity contribution is 0.849. The number of rotatable bonds is 2. The summed E-state index contributed by atoms with van der Waals surface area (Å²) >= 11 is 12.0. The monoisotopic (exact) mass is 305 g/mol. The molecule has 1 aliphatic rings. The number of para-hydroxylation sites is 1. The van der Waals surface area contributed by atoms with Gasteiger partial charge in [-0.2, -0.15) is 5.10 Å². The molecule has 0 unspecified atom stereocenters. The van der Waals surface area contributed by atoms with E-state index in [1.807, 2.05) is 47.5 Å². The van der Waals surface area contributed by atoms with Crippen LogP contribution in [-0.2, 0) is 0 Å². The number of hydrogen-bond donors (Lipinski definition) is 1. The first-order valence-electron chi connectivity index (χ1n) is 6.26. The Hall–Kier alpha value is -1.71. The van der Waals surface area contributed by atoms with Gasteiger partial charge < -0.3 is 5.73 Å². The Labute approximate surface area is 127 Å². The molecule has 0 aromatic heterocycles. The Balaban J connectivity index is 1.87. The van der Waals surface area contributed by atoms with Gasteiger partial charge in [0.1, 0.15) is 5.84 Å². The minimum absolute atomic E-state index is 0.0324. The molecular weight excluding hydrogens is 293 g/mol.